The van der Waals surface area contributed by atoms with Gasteiger partial charge in [0.1, 0.15) is 0 Å². The van der Waals surface area contributed by atoms with Crippen LogP contribution in [0.2, 0.25) is 0 Å². The van der Waals surface area contributed by atoms with Gasteiger partial charge in [-0.1, -0.05) is 25.0 Å². The molecule has 0 radical (unpaired) electrons. The summed E-state index contributed by atoms with van der Waals surface area (Å²) in [6.45, 7) is 0.905. The lowest BCUT2D eigenvalue weighted by Gasteiger charge is -2.39. The Balaban J connectivity index is 1.68. The van der Waals surface area contributed by atoms with Gasteiger partial charge in [0.05, 0.1) is 5.60 Å². The molecule has 1 N–H and O–H groups in total. The third kappa shape index (κ3) is 2.57. The summed E-state index contributed by atoms with van der Waals surface area (Å²) in [6, 6.07) is 8.92. The molecule has 1 aliphatic heterocycles. The first-order chi connectivity index (χ1) is 8.77. The van der Waals surface area contributed by atoms with Crippen molar-refractivity contribution < 1.29 is 4.74 Å². The molecular formula is C15H20BrNO. The molecular weight excluding hydrogens is 290 g/mol. The molecule has 1 saturated carbocycles. The Morgan fingerprint density at radius 1 is 1.22 bits per heavy atom. The van der Waals surface area contributed by atoms with Gasteiger partial charge in [0.2, 0.25) is 0 Å². The van der Waals surface area contributed by atoms with Crippen LogP contribution in [0.3, 0.4) is 0 Å². The van der Waals surface area contributed by atoms with Crippen molar-refractivity contribution in [1.29, 1.82) is 0 Å². The van der Waals surface area contributed by atoms with E-state index in [0.29, 0.717) is 6.04 Å². The van der Waals surface area contributed by atoms with Crippen LogP contribution in [0.5, 0.6) is 0 Å². The molecule has 3 heteroatoms. The van der Waals surface area contributed by atoms with E-state index in [1.165, 1.54) is 31.4 Å². The van der Waals surface area contributed by atoms with Gasteiger partial charge in [-0.25, -0.2) is 0 Å². The maximum absolute atomic E-state index is 6.07. The van der Waals surface area contributed by atoms with Gasteiger partial charge in [0.15, 0.2) is 0 Å². The Labute approximate surface area is 117 Å². The molecule has 1 aromatic carbocycles. The maximum Gasteiger partial charge on any atom is 0.0702 e. The second-order valence-electron chi connectivity index (χ2n) is 5.55. The van der Waals surface area contributed by atoms with Crippen molar-refractivity contribution in [2.24, 2.45) is 0 Å². The highest BCUT2D eigenvalue weighted by Crippen LogP contribution is 2.40. The van der Waals surface area contributed by atoms with Crippen LogP contribution in [0.25, 0.3) is 0 Å². The summed E-state index contributed by atoms with van der Waals surface area (Å²) >= 11 is 3.60. The largest absolute Gasteiger partial charge is 0.381 e. The van der Waals surface area contributed by atoms with Crippen LogP contribution >= 0.6 is 15.9 Å². The van der Waals surface area contributed by atoms with Crippen molar-refractivity contribution in [3.8, 4) is 0 Å². The smallest absolute Gasteiger partial charge is 0.0702 e. The van der Waals surface area contributed by atoms with Gasteiger partial charge in [0.25, 0.3) is 0 Å². The van der Waals surface area contributed by atoms with Crippen molar-refractivity contribution in [3.63, 3.8) is 0 Å². The first-order valence-electron chi connectivity index (χ1n) is 6.92. The number of halogens is 1. The van der Waals surface area contributed by atoms with Gasteiger partial charge in [-0.15, -0.1) is 0 Å². The van der Waals surface area contributed by atoms with E-state index in [-0.39, 0.29) is 5.60 Å². The molecule has 1 aliphatic carbocycles. The molecule has 18 heavy (non-hydrogen) atoms. The zero-order valence-corrected chi connectivity index (χ0v) is 12.2. The molecule has 1 aromatic rings. The van der Waals surface area contributed by atoms with Crippen LogP contribution in [0.4, 0.5) is 5.69 Å². The molecule has 1 spiro atoms. The van der Waals surface area contributed by atoms with E-state index >= 15 is 0 Å². The average molecular weight is 310 g/mol. The summed E-state index contributed by atoms with van der Waals surface area (Å²) in [4.78, 5) is 0. The van der Waals surface area contributed by atoms with Gasteiger partial charge in [-0.2, -0.15) is 0 Å². The maximum atomic E-state index is 6.07. The highest BCUT2D eigenvalue weighted by atomic mass is 79.9. The number of ether oxygens (including phenoxy) is 1. The van der Waals surface area contributed by atoms with Crippen molar-refractivity contribution in [3.05, 3.63) is 28.7 Å². The van der Waals surface area contributed by atoms with E-state index in [1.807, 2.05) is 0 Å². The van der Waals surface area contributed by atoms with Crippen LogP contribution in [-0.4, -0.2) is 18.2 Å². The van der Waals surface area contributed by atoms with Gasteiger partial charge < -0.3 is 10.1 Å². The Morgan fingerprint density at radius 3 is 2.78 bits per heavy atom. The molecule has 3 rings (SSSR count). The standard InChI is InChI=1S/C15H20BrNO/c16-13-5-1-2-6-14(13)17-12-7-10-18-15(11-12)8-3-4-9-15/h1-2,5-6,12,17H,3-4,7-11H2. The molecule has 1 heterocycles. The fourth-order valence-electron chi connectivity index (χ4n) is 3.32. The Hall–Kier alpha value is -0.540. The van der Waals surface area contributed by atoms with Gasteiger partial charge in [-0.05, 0) is 53.7 Å². The van der Waals surface area contributed by atoms with E-state index in [2.05, 4.69) is 45.5 Å². The molecule has 0 bridgehead atoms. The molecule has 2 fully saturated rings. The fourth-order valence-corrected chi connectivity index (χ4v) is 3.72. The monoisotopic (exact) mass is 309 g/mol. The van der Waals surface area contributed by atoms with E-state index in [9.17, 15) is 0 Å². The number of hydrogen-bond donors (Lipinski definition) is 1. The minimum Gasteiger partial charge on any atom is -0.381 e. The Morgan fingerprint density at radius 2 is 2.00 bits per heavy atom. The average Bonchev–Trinajstić information content (AvgIpc) is 2.80. The lowest BCUT2D eigenvalue weighted by atomic mass is 9.89. The lowest BCUT2D eigenvalue weighted by molar-refractivity contribution is -0.0767. The topological polar surface area (TPSA) is 21.3 Å². The number of rotatable bonds is 2. The van der Waals surface area contributed by atoms with Crippen molar-refractivity contribution >= 4 is 21.6 Å². The summed E-state index contributed by atoms with van der Waals surface area (Å²) in [5.41, 5.74) is 1.40. The highest BCUT2D eigenvalue weighted by molar-refractivity contribution is 9.10. The minimum atomic E-state index is 0.192. The first kappa shape index (κ1) is 12.5. The summed E-state index contributed by atoms with van der Waals surface area (Å²) in [5.74, 6) is 0. The molecule has 2 aliphatic rings. The first-order valence-corrected chi connectivity index (χ1v) is 7.72. The fraction of sp³-hybridized carbons (Fsp3) is 0.600. The van der Waals surface area contributed by atoms with Crippen LogP contribution < -0.4 is 5.32 Å². The van der Waals surface area contributed by atoms with Gasteiger partial charge in [-0.3, -0.25) is 0 Å². The van der Waals surface area contributed by atoms with Crippen LogP contribution in [-0.2, 0) is 4.74 Å². The third-order valence-corrected chi connectivity index (χ3v) is 4.93. The SMILES string of the molecule is Brc1ccccc1NC1CCOC2(CCCC2)C1. The van der Waals surface area contributed by atoms with E-state index < -0.39 is 0 Å². The number of para-hydroxylation sites is 1. The minimum absolute atomic E-state index is 0.192. The van der Waals surface area contributed by atoms with Crippen LogP contribution in [0.1, 0.15) is 38.5 Å². The number of nitrogens with one attached hydrogen (secondary N) is 1. The second kappa shape index (κ2) is 5.22. The molecule has 0 aromatic heterocycles. The van der Waals surface area contributed by atoms with Crippen molar-refractivity contribution in [2.75, 3.05) is 11.9 Å². The number of hydrogen-bond acceptors (Lipinski definition) is 2. The van der Waals surface area contributed by atoms with Crippen molar-refractivity contribution in [1.82, 2.24) is 0 Å². The molecule has 1 unspecified atom stereocenters. The highest BCUT2D eigenvalue weighted by Gasteiger charge is 2.39. The normalized spacial score (nSPS) is 26.4. The number of anilines is 1. The van der Waals surface area contributed by atoms with Crippen molar-refractivity contribution in [2.45, 2.75) is 50.2 Å². The zero-order valence-electron chi connectivity index (χ0n) is 10.6. The van der Waals surface area contributed by atoms with Gasteiger partial charge in [0, 0.05) is 22.8 Å². The van der Waals surface area contributed by atoms with E-state index in [4.69, 9.17) is 4.74 Å². The zero-order chi connectivity index (χ0) is 12.4. The lowest BCUT2D eigenvalue weighted by Crippen LogP contribution is -2.42. The summed E-state index contributed by atoms with van der Waals surface area (Å²) < 4.78 is 7.22. The number of benzene rings is 1. The molecule has 0 amide bonds. The summed E-state index contributed by atoms with van der Waals surface area (Å²) in [6.07, 6.45) is 7.45. The van der Waals surface area contributed by atoms with E-state index in [1.54, 1.807) is 0 Å². The molecule has 98 valence electrons. The predicted octanol–water partition coefficient (Wildman–Crippen LogP) is 4.35. The molecule has 2 nitrogen and oxygen atoms in total. The Bertz CT molecular complexity index is 415. The van der Waals surface area contributed by atoms with Crippen LogP contribution in [0, 0.1) is 0 Å². The van der Waals surface area contributed by atoms with Crippen LogP contribution in [0.15, 0.2) is 28.7 Å². The quantitative estimate of drug-likeness (QED) is 0.876. The Kier molecular flexibility index (Phi) is 3.62. The predicted molar refractivity (Wildman–Crippen MR) is 77.9 cm³/mol. The molecule has 1 saturated heterocycles. The second-order valence-corrected chi connectivity index (χ2v) is 6.41. The van der Waals surface area contributed by atoms with E-state index in [0.717, 1.165) is 23.9 Å². The summed E-state index contributed by atoms with van der Waals surface area (Å²) in [7, 11) is 0. The summed E-state index contributed by atoms with van der Waals surface area (Å²) in [5, 5.41) is 3.67. The molecule has 1 atom stereocenters. The van der Waals surface area contributed by atoms with Gasteiger partial charge >= 0.3 is 0 Å². The third-order valence-electron chi connectivity index (χ3n) is 4.24.